The summed E-state index contributed by atoms with van der Waals surface area (Å²) in [6.45, 7) is 0.812. The third kappa shape index (κ3) is 1.31. The van der Waals surface area contributed by atoms with Crippen LogP contribution < -0.4 is 4.90 Å². The van der Waals surface area contributed by atoms with Gasteiger partial charge in [0.2, 0.25) is 0 Å². The van der Waals surface area contributed by atoms with Crippen molar-refractivity contribution in [2.24, 2.45) is 0 Å². The van der Waals surface area contributed by atoms with E-state index in [0.717, 1.165) is 0 Å². The van der Waals surface area contributed by atoms with Crippen LogP contribution in [0, 0.1) is 0 Å². The highest BCUT2D eigenvalue weighted by Gasteiger charge is 2.13. The lowest BCUT2D eigenvalue weighted by atomic mass is 10.00. The molecule has 1 aliphatic heterocycles. The topological polar surface area (TPSA) is 23.5 Å². The van der Waals surface area contributed by atoms with Gasteiger partial charge in [0, 0.05) is 23.8 Å². The predicted molar refractivity (Wildman–Crippen MR) is 67.4 cm³/mol. The third-order valence-electron chi connectivity index (χ3n) is 3.00. The lowest BCUT2D eigenvalue weighted by Gasteiger charge is -2.25. The molecular weight excluding hydrogens is 198 g/mol. The molecule has 0 saturated carbocycles. The van der Waals surface area contributed by atoms with Gasteiger partial charge >= 0.3 is 0 Å². The molecule has 0 amide bonds. The van der Waals surface area contributed by atoms with Gasteiger partial charge in [0.25, 0.3) is 0 Å². The van der Waals surface area contributed by atoms with E-state index in [1.165, 1.54) is 22.0 Å². The fourth-order valence-electron chi connectivity index (χ4n) is 2.28. The summed E-state index contributed by atoms with van der Waals surface area (Å²) in [7, 11) is 0. The van der Waals surface area contributed by atoms with Crippen LogP contribution >= 0.6 is 0 Å². The Hall–Kier alpha value is -1.80. The average molecular weight is 211 g/mol. The number of anilines is 1. The minimum absolute atomic E-state index is 0.170. The highest BCUT2D eigenvalue weighted by atomic mass is 16.3. The zero-order valence-electron chi connectivity index (χ0n) is 8.93. The SMILES string of the molecule is OCCN1C=Cc2cccc3cccc1c23. The van der Waals surface area contributed by atoms with Gasteiger partial charge in [-0.1, -0.05) is 30.3 Å². The first-order valence-corrected chi connectivity index (χ1v) is 5.47. The summed E-state index contributed by atoms with van der Waals surface area (Å²) in [6, 6.07) is 12.6. The van der Waals surface area contributed by atoms with Gasteiger partial charge in [-0.15, -0.1) is 0 Å². The minimum atomic E-state index is 0.170. The van der Waals surface area contributed by atoms with Gasteiger partial charge in [-0.25, -0.2) is 0 Å². The first-order valence-electron chi connectivity index (χ1n) is 5.47. The summed E-state index contributed by atoms with van der Waals surface area (Å²) in [4.78, 5) is 2.09. The highest BCUT2D eigenvalue weighted by molar-refractivity contribution is 6.02. The molecule has 0 atom stereocenters. The molecule has 16 heavy (non-hydrogen) atoms. The molecule has 0 unspecified atom stereocenters. The van der Waals surface area contributed by atoms with E-state index in [1.807, 2.05) is 6.20 Å². The largest absolute Gasteiger partial charge is 0.395 e. The number of β-amino-alcohol motifs (C(OH)–C–C–N with tert-alkyl or cyclic N) is 1. The second kappa shape index (κ2) is 3.65. The standard InChI is InChI=1S/C14H13NO/c16-10-9-15-8-7-12-4-1-3-11-5-2-6-13(15)14(11)12/h1-8,16H,9-10H2. The van der Waals surface area contributed by atoms with Crippen LogP contribution in [0.5, 0.6) is 0 Å². The quantitative estimate of drug-likeness (QED) is 0.825. The number of rotatable bonds is 2. The lowest BCUT2D eigenvalue weighted by Crippen LogP contribution is -2.21. The number of aliphatic hydroxyl groups is 1. The number of aliphatic hydroxyl groups excluding tert-OH is 1. The molecule has 80 valence electrons. The Bertz CT molecular complexity index is 554. The minimum Gasteiger partial charge on any atom is -0.395 e. The van der Waals surface area contributed by atoms with Crippen molar-refractivity contribution in [3.63, 3.8) is 0 Å². The van der Waals surface area contributed by atoms with E-state index in [1.54, 1.807) is 0 Å². The second-order valence-electron chi connectivity index (χ2n) is 3.96. The molecule has 2 aromatic carbocycles. The van der Waals surface area contributed by atoms with Crippen molar-refractivity contribution < 1.29 is 5.11 Å². The molecule has 0 spiro atoms. The normalized spacial score (nSPS) is 13.4. The molecule has 0 aliphatic carbocycles. The Kier molecular flexibility index (Phi) is 2.15. The maximum Gasteiger partial charge on any atom is 0.0610 e. The van der Waals surface area contributed by atoms with Crippen LogP contribution in [0.3, 0.4) is 0 Å². The Morgan fingerprint density at radius 3 is 2.69 bits per heavy atom. The average Bonchev–Trinajstić information content (AvgIpc) is 2.33. The second-order valence-corrected chi connectivity index (χ2v) is 3.96. The Balaban J connectivity index is 2.27. The Morgan fingerprint density at radius 1 is 1.06 bits per heavy atom. The molecule has 2 nitrogen and oxygen atoms in total. The van der Waals surface area contributed by atoms with Crippen molar-refractivity contribution in [2.45, 2.75) is 0 Å². The van der Waals surface area contributed by atoms with Crippen LogP contribution in [0.2, 0.25) is 0 Å². The van der Waals surface area contributed by atoms with Gasteiger partial charge in [0.05, 0.1) is 6.61 Å². The van der Waals surface area contributed by atoms with Gasteiger partial charge in [0.1, 0.15) is 0 Å². The number of hydrogen-bond donors (Lipinski definition) is 1. The zero-order valence-corrected chi connectivity index (χ0v) is 8.93. The Labute approximate surface area is 94.4 Å². The van der Waals surface area contributed by atoms with E-state index >= 15 is 0 Å². The maximum atomic E-state index is 9.05. The summed E-state index contributed by atoms with van der Waals surface area (Å²) in [5.41, 5.74) is 2.44. The van der Waals surface area contributed by atoms with Crippen LogP contribution in [0.15, 0.2) is 42.6 Å². The molecule has 1 N–H and O–H groups in total. The Morgan fingerprint density at radius 2 is 1.88 bits per heavy atom. The fraction of sp³-hybridized carbons (Fsp3) is 0.143. The number of nitrogens with zero attached hydrogens (tertiary/aromatic N) is 1. The van der Waals surface area contributed by atoms with E-state index in [0.29, 0.717) is 6.54 Å². The molecule has 1 heterocycles. The van der Waals surface area contributed by atoms with Crippen molar-refractivity contribution in [1.29, 1.82) is 0 Å². The number of hydrogen-bond acceptors (Lipinski definition) is 2. The number of benzene rings is 2. The molecule has 2 aromatic rings. The van der Waals surface area contributed by atoms with Crippen molar-refractivity contribution in [3.8, 4) is 0 Å². The van der Waals surface area contributed by atoms with E-state index in [2.05, 4.69) is 47.4 Å². The van der Waals surface area contributed by atoms with E-state index < -0.39 is 0 Å². The molecule has 0 radical (unpaired) electrons. The van der Waals surface area contributed by atoms with E-state index in [9.17, 15) is 0 Å². The maximum absolute atomic E-state index is 9.05. The van der Waals surface area contributed by atoms with Crippen LogP contribution in [0.4, 0.5) is 5.69 Å². The molecule has 1 aliphatic rings. The first-order chi connectivity index (χ1) is 7.90. The third-order valence-corrected chi connectivity index (χ3v) is 3.00. The summed E-state index contributed by atoms with van der Waals surface area (Å²) in [5, 5.41) is 11.6. The summed E-state index contributed by atoms with van der Waals surface area (Å²) in [5.74, 6) is 0. The van der Waals surface area contributed by atoms with Crippen LogP contribution in [0.25, 0.3) is 16.8 Å². The smallest absolute Gasteiger partial charge is 0.0610 e. The molecule has 2 heteroatoms. The predicted octanol–water partition coefficient (Wildman–Crippen LogP) is 2.62. The van der Waals surface area contributed by atoms with Crippen LogP contribution in [-0.4, -0.2) is 18.3 Å². The molecule has 0 bridgehead atoms. The van der Waals surface area contributed by atoms with Crippen molar-refractivity contribution >= 4 is 22.5 Å². The van der Waals surface area contributed by atoms with E-state index in [-0.39, 0.29) is 6.61 Å². The van der Waals surface area contributed by atoms with Gasteiger partial charge < -0.3 is 10.0 Å². The van der Waals surface area contributed by atoms with Crippen molar-refractivity contribution in [2.75, 3.05) is 18.1 Å². The lowest BCUT2D eigenvalue weighted by molar-refractivity contribution is 0.305. The summed E-state index contributed by atoms with van der Waals surface area (Å²) in [6.07, 6.45) is 4.14. The summed E-state index contributed by atoms with van der Waals surface area (Å²) < 4.78 is 0. The molecule has 0 fully saturated rings. The van der Waals surface area contributed by atoms with Crippen LogP contribution in [-0.2, 0) is 0 Å². The van der Waals surface area contributed by atoms with Crippen LogP contribution in [0.1, 0.15) is 5.56 Å². The van der Waals surface area contributed by atoms with Crippen molar-refractivity contribution in [3.05, 3.63) is 48.2 Å². The highest BCUT2D eigenvalue weighted by Crippen LogP contribution is 2.33. The fourth-order valence-corrected chi connectivity index (χ4v) is 2.28. The van der Waals surface area contributed by atoms with Gasteiger partial charge in [0.15, 0.2) is 0 Å². The van der Waals surface area contributed by atoms with Crippen molar-refractivity contribution in [1.82, 2.24) is 0 Å². The van der Waals surface area contributed by atoms with Gasteiger partial charge in [-0.05, 0) is 23.1 Å². The first kappa shape index (κ1) is 9.43. The monoisotopic (exact) mass is 211 g/mol. The summed E-state index contributed by atoms with van der Waals surface area (Å²) >= 11 is 0. The van der Waals surface area contributed by atoms with Gasteiger partial charge in [-0.2, -0.15) is 0 Å². The zero-order chi connectivity index (χ0) is 11.0. The molecular formula is C14H13NO. The van der Waals surface area contributed by atoms with E-state index in [4.69, 9.17) is 5.11 Å². The molecule has 0 aromatic heterocycles. The van der Waals surface area contributed by atoms with Gasteiger partial charge in [-0.3, -0.25) is 0 Å². The molecule has 0 saturated heterocycles. The molecule has 3 rings (SSSR count).